The Morgan fingerprint density at radius 3 is 2.59 bits per heavy atom. The number of rotatable bonds is 8. The van der Waals surface area contributed by atoms with E-state index in [1.807, 2.05) is 0 Å². The maximum absolute atomic E-state index is 12.4. The van der Waals surface area contributed by atoms with Crippen LogP contribution in [0.1, 0.15) is 24.2 Å². The van der Waals surface area contributed by atoms with E-state index in [1.54, 1.807) is 0 Å². The molecule has 10 heteroatoms. The number of aromatic nitrogens is 2. The Hall–Kier alpha value is -3.56. The molecule has 1 aromatic carbocycles. The fourth-order valence-electron chi connectivity index (χ4n) is 2.07. The van der Waals surface area contributed by atoms with Crippen LogP contribution in [0.25, 0.3) is 0 Å². The highest BCUT2D eigenvalue weighted by atomic mass is 16.5. The van der Waals surface area contributed by atoms with Crippen molar-refractivity contribution in [3.63, 3.8) is 0 Å². The normalized spacial score (nSPS) is 10.9. The Morgan fingerprint density at radius 2 is 2.00 bits per heavy atom. The van der Waals surface area contributed by atoms with Crippen molar-refractivity contribution in [1.82, 2.24) is 9.78 Å². The van der Waals surface area contributed by atoms with Crippen LogP contribution < -0.4 is 20.5 Å². The van der Waals surface area contributed by atoms with Gasteiger partial charge < -0.3 is 25.6 Å². The number of carbonyl (C=O) groups excluding carboxylic acids is 2. The molecule has 0 atom stereocenters. The first kappa shape index (κ1) is 19.8. The summed E-state index contributed by atoms with van der Waals surface area (Å²) >= 11 is 0. The van der Waals surface area contributed by atoms with Crippen molar-refractivity contribution in [2.45, 2.75) is 19.4 Å². The number of aliphatic carboxylic acids is 1. The molecule has 0 spiro atoms. The number of nitrogens with one attached hydrogen (secondary N) is 1. The van der Waals surface area contributed by atoms with E-state index in [9.17, 15) is 19.5 Å². The van der Waals surface area contributed by atoms with Gasteiger partial charge in [-0.15, -0.1) is 0 Å². The Morgan fingerprint density at radius 1 is 1.30 bits per heavy atom. The van der Waals surface area contributed by atoms with Crippen LogP contribution in [0.4, 0.5) is 5.69 Å². The minimum Gasteiger partial charge on any atom is -0.493 e. The van der Waals surface area contributed by atoms with Crippen molar-refractivity contribution in [2.75, 3.05) is 19.0 Å². The van der Waals surface area contributed by atoms with Gasteiger partial charge in [-0.05, 0) is 32.0 Å². The summed E-state index contributed by atoms with van der Waals surface area (Å²) in [7, 11) is 1.40. The van der Waals surface area contributed by atoms with Gasteiger partial charge in [0.1, 0.15) is 0 Å². The standard InChI is InChI=1S/C17H20N4O6/c1-17(2,16(24)25)21-8-11(7-19-21)20-15(23)10-4-5-12(13(6-10)26-3)27-9-14(18)22/h4-8H,9H2,1-3H3,(H2,18,22)(H,20,23)(H,24,25). The van der Waals surface area contributed by atoms with Crippen LogP contribution in [0, 0.1) is 0 Å². The molecule has 2 aromatic rings. The SMILES string of the molecule is COc1cc(C(=O)Nc2cnn(C(C)(C)C(=O)O)c2)ccc1OCC(N)=O. The number of anilines is 1. The van der Waals surface area contributed by atoms with E-state index in [4.69, 9.17) is 15.2 Å². The summed E-state index contributed by atoms with van der Waals surface area (Å²) in [5.41, 5.74) is 4.38. The molecular weight excluding hydrogens is 356 g/mol. The molecule has 27 heavy (non-hydrogen) atoms. The fourth-order valence-corrected chi connectivity index (χ4v) is 2.07. The first-order chi connectivity index (χ1) is 12.6. The summed E-state index contributed by atoms with van der Waals surface area (Å²) in [5, 5.41) is 15.8. The lowest BCUT2D eigenvalue weighted by Gasteiger charge is -2.19. The van der Waals surface area contributed by atoms with E-state index in [1.165, 1.54) is 56.2 Å². The van der Waals surface area contributed by atoms with Crippen molar-refractivity contribution < 1.29 is 29.0 Å². The zero-order valence-corrected chi connectivity index (χ0v) is 15.1. The lowest BCUT2D eigenvalue weighted by molar-refractivity contribution is -0.146. The molecule has 0 aliphatic rings. The summed E-state index contributed by atoms with van der Waals surface area (Å²) in [6, 6.07) is 4.41. The summed E-state index contributed by atoms with van der Waals surface area (Å²) in [4.78, 5) is 34.5. The number of hydrogen-bond donors (Lipinski definition) is 3. The number of carboxylic acids is 1. The highest BCUT2D eigenvalue weighted by molar-refractivity contribution is 6.04. The second-order valence-corrected chi connectivity index (χ2v) is 6.11. The molecule has 0 fully saturated rings. The molecule has 10 nitrogen and oxygen atoms in total. The van der Waals surface area contributed by atoms with Gasteiger partial charge >= 0.3 is 5.97 Å². The van der Waals surface area contributed by atoms with Crippen LogP contribution in [-0.2, 0) is 15.1 Å². The van der Waals surface area contributed by atoms with Crippen LogP contribution in [0.3, 0.4) is 0 Å². The monoisotopic (exact) mass is 376 g/mol. The lowest BCUT2D eigenvalue weighted by atomic mass is 10.1. The quantitative estimate of drug-likeness (QED) is 0.618. The Balaban J connectivity index is 2.15. The first-order valence-corrected chi connectivity index (χ1v) is 7.84. The van der Waals surface area contributed by atoms with Gasteiger partial charge in [0.25, 0.3) is 11.8 Å². The molecule has 1 heterocycles. The Bertz CT molecular complexity index is 874. The van der Waals surface area contributed by atoms with Crippen molar-refractivity contribution in [1.29, 1.82) is 0 Å². The summed E-state index contributed by atoms with van der Waals surface area (Å²) < 4.78 is 11.6. The van der Waals surface area contributed by atoms with Gasteiger partial charge in [-0.25, -0.2) is 4.79 Å². The van der Waals surface area contributed by atoms with Crippen LogP contribution in [0.5, 0.6) is 11.5 Å². The zero-order chi connectivity index (χ0) is 20.2. The number of primary amides is 1. The molecule has 0 radical (unpaired) electrons. The molecule has 0 aliphatic heterocycles. The van der Waals surface area contributed by atoms with Gasteiger partial charge in [0.05, 0.1) is 19.0 Å². The largest absolute Gasteiger partial charge is 0.493 e. The number of benzene rings is 1. The van der Waals surface area contributed by atoms with E-state index in [0.29, 0.717) is 5.69 Å². The van der Waals surface area contributed by atoms with Gasteiger partial charge in [-0.1, -0.05) is 0 Å². The maximum Gasteiger partial charge on any atom is 0.331 e. The summed E-state index contributed by atoms with van der Waals surface area (Å²) in [6.45, 7) is 2.66. The predicted molar refractivity (Wildman–Crippen MR) is 94.8 cm³/mol. The molecule has 4 N–H and O–H groups in total. The zero-order valence-electron chi connectivity index (χ0n) is 15.1. The number of amides is 2. The van der Waals surface area contributed by atoms with Crippen molar-refractivity contribution >= 4 is 23.5 Å². The van der Waals surface area contributed by atoms with Crippen LogP contribution in [0.15, 0.2) is 30.6 Å². The molecule has 0 bridgehead atoms. The van der Waals surface area contributed by atoms with E-state index in [0.717, 1.165) is 0 Å². The smallest absolute Gasteiger partial charge is 0.331 e. The predicted octanol–water partition coefficient (Wildman–Crippen LogP) is 0.828. The van der Waals surface area contributed by atoms with Gasteiger partial charge in [-0.3, -0.25) is 14.3 Å². The fraction of sp³-hybridized carbons (Fsp3) is 0.294. The molecule has 144 valence electrons. The molecule has 0 saturated heterocycles. The average Bonchev–Trinajstić information content (AvgIpc) is 3.08. The summed E-state index contributed by atoms with van der Waals surface area (Å²) in [6.07, 6.45) is 2.78. The van der Waals surface area contributed by atoms with Crippen molar-refractivity contribution in [3.8, 4) is 11.5 Å². The molecular formula is C17H20N4O6. The Labute approximate surface area is 154 Å². The van der Waals surface area contributed by atoms with Crippen LogP contribution in [-0.4, -0.2) is 46.4 Å². The first-order valence-electron chi connectivity index (χ1n) is 7.84. The maximum atomic E-state index is 12.4. The number of carboxylic acid groups (broad SMARTS) is 1. The number of hydrogen-bond acceptors (Lipinski definition) is 6. The van der Waals surface area contributed by atoms with Gasteiger partial charge in [-0.2, -0.15) is 5.10 Å². The number of ether oxygens (including phenoxy) is 2. The van der Waals surface area contributed by atoms with Crippen molar-refractivity contribution in [2.24, 2.45) is 5.73 Å². The van der Waals surface area contributed by atoms with E-state index in [-0.39, 0.29) is 23.7 Å². The minimum absolute atomic E-state index is 0.256. The second kappa shape index (κ2) is 7.77. The highest BCUT2D eigenvalue weighted by Gasteiger charge is 2.30. The minimum atomic E-state index is -1.26. The number of carbonyl (C=O) groups is 3. The third-order valence-corrected chi connectivity index (χ3v) is 3.73. The summed E-state index contributed by atoms with van der Waals surface area (Å²) in [5.74, 6) is -1.63. The number of nitrogens with two attached hydrogens (primary N) is 1. The topological polar surface area (TPSA) is 146 Å². The molecule has 2 amide bonds. The lowest BCUT2D eigenvalue weighted by Crippen LogP contribution is -2.35. The van der Waals surface area contributed by atoms with E-state index >= 15 is 0 Å². The third-order valence-electron chi connectivity index (χ3n) is 3.73. The van der Waals surface area contributed by atoms with Gasteiger partial charge in [0.15, 0.2) is 23.6 Å². The average molecular weight is 376 g/mol. The van der Waals surface area contributed by atoms with Gasteiger partial charge in [0.2, 0.25) is 0 Å². The van der Waals surface area contributed by atoms with Gasteiger partial charge in [0, 0.05) is 11.8 Å². The van der Waals surface area contributed by atoms with E-state index < -0.39 is 23.3 Å². The molecule has 2 rings (SSSR count). The molecule has 1 aromatic heterocycles. The molecule has 0 unspecified atom stereocenters. The molecule has 0 saturated carbocycles. The van der Waals surface area contributed by atoms with Crippen molar-refractivity contribution in [3.05, 3.63) is 36.2 Å². The Kier molecular flexibility index (Phi) is 5.69. The highest BCUT2D eigenvalue weighted by Crippen LogP contribution is 2.28. The third kappa shape index (κ3) is 4.54. The second-order valence-electron chi connectivity index (χ2n) is 6.11. The number of methoxy groups -OCH3 is 1. The van der Waals surface area contributed by atoms with Crippen LogP contribution in [0.2, 0.25) is 0 Å². The van der Waals surface area contributed by atoms with E-state index in [2.05, 4.69) is 10.4 Å². The molecule has 0 aliphatic carbocycles. The number of nitrogens with zero attached hydrogens (tertiary/aromatic N) is 2. The van der Waals surface area contributed by atoms with Crippen LogP contribution >= 0.6 is 0 Å².